The minimum Gasteiger partial charge on any atom is -0.385 e. The predicted octanol–water partition coefficient (Wildman–Crippen LogP) is 3.89. The molecular formula is C18H29NO. The fourth-order valence-corrected chi connectivity index (χ4v) is 2.61. The summed E-state index contributed by atoms with van der Waals surface area (Å²) in [5.74, 6) is 0. The van der Waals surface area contributed by atoms with Crippen LogP contribution in [0.4, 0.5) is 0 Å². The van der Waals surface area contributed by atoms with E-state index in [-0.39, 0.29) is 5.41 Å². The Labute approximate surface area is 123 Å². The topological polar surface area (TPSA) is 21.3 Å². The number of rotatable bonds is 7. The molecule has 1 N–H and O–H groups in total. The van der Waals surface area contributed by atoms with Crippen LogP contribution in [0.3, 0.4) is 0 Å². The van der Waals surface area contributed by atoms with Gasteiger partial charge in [0.15, 0.2) is 0 Å². The van der Waals surface area contributed by atoms with Crippen molar-refractivity contribution in [1.82, 2.24) is 5.32 Å². The van der Waals surface area contributed by atoms with E-state index in [4.69, 9.17) is 4.74 Å². The van der Waals surface area contributed by atoms with Crippen LogP contribution in [0.1, 0.15) is 51.2 Å². The van der Waals surface area contributed by atoms with Gasteiger partial charge in [-0.15, -0.1) is 0 Å². The van der Waals surface area contributed by atoms with Gasteiger partial charge in [-0.1, -0.05) is 45.0 Å². The molecular weight excluding hydrogens is 246 g/mol. The van der Waals surface area contributed by atoms with Crippen LogP contribution in [0.2, 0.25) is 0 Å². The van der Waals surface area contributed by atoms with Gasteiger partial charge >= 0.3 is 0 Å². The summed E-state index contributed by atoms with van der Waals surface area (Å²) in [6.45, 7) is 9.76. The minimum absolute atomic E-state index is 0.240. The van der Waals surface area contributed by atoms with Crippen LogP contribution in [0.5, 0.6) is 0 Å². The maximum Gasteiger partial charge on any atom is 0.0468 e. The highest BCUT2D eigenvalue weighted by Crippen LogP contribution is 2.48. The van der Waals surface area contributed by atoms with Gasteiger partial charge in [0.1, 0.15) is 0 Å². The normalized spacial score (nSPS) is 17.2. The SMILES string of the molecule is COCCC1(CNCc2ccc(C(C)(C)C)cc2)CC1. The molecule has 1 aliphatic rings. The number of methoxy groups -OCH3 is 1. The third kappa shape index (κ3) is 4.32. The molecule has 2 rings (SSSR count). The first-order chi connectivity index (χ1) is 9.45. The van der Waals surface area contributed by atoms with Crippen molar-refractivity contribution < 1.29 is 4.74 Å². The molecule has 0 heterocycles. The molecule has 0 aliphatic heterocycles. The molecule has 1 fully saturated rings. The largest absolute Gasteiger partial charge is 0.385 e. The molecule has 0 aromatic heterocycles. The van der Waals surface area contributed by atoms with E-state index in [0.29, 0.717) is 5.41 Å². The predicted molar refractivity (Wildman–Crippen MR) is 85.0 cm³/mol. The molecule has 1 aromatic rings. The second kappa shape index (κ2) is 6.28. The molecule has 0 bridgehead atoms. The number of hydrogen-bond acceptors (Lipinski definition) is 2. The van der Waals surface area contributed by atoms with Crippen LogP contribution >= 0.6 is 0 Å². The van der Waals surface area contributed by atoms with E-state index in [1.807, 2.05) is 0 Å². The van der Waals surface area contributed by atoms with Gasteiger partial charge in [-0.3, -0.25) is 0 Å². The summed E-state index contributed by atoms with van der Waals surface area (Å²) in [6, 6.07) is 9.02. The van der Waals surface area contributed by atoms with Crippen molar-refractivity contribution in [2.24, 2.45) is 5.41 Å². The lowest BCUT2D eigenvalue weighted by molar-refractivity contribution is 0.171. The van der Waals surface area contributed by atoms with Gasteiger partial charge in [0.2, 0.25) is 0 Å². The number of hydrogen-bond donors (Lipinski definition) is 1. The average molecular weight is 275 g/mol. The quantitative estimate of drug-likeness (QED) is 0.815. The van der Waals surface area contributed by atoms with Crippen molar-refractivity contribution in [1.29, 1.82) is 0 Å². The molecule has 2 heteroatoms. The van der Waals surface area contributed by atoms with Gasteiger partial charge in [0.05, 0.1) is 0 Å². The van der Waals surface area contributed by atoms with Gasteiger partial charge in [-0.2, -0.15) is 0 Å². The molecule has 0 amide bonds. The van der Waals surface area contributed by atoms with E-state index in [1.54, 1.807) is 7.11 Å². The monoisotopic (exact) mass is 275 g/mol. The molecule has 0 radical (unpaired) electrons. The van der Waals surface area contributed by atoms with Crippen molar-refractivity contribution >= 4 is 0 Å². The summed E-state index contributed by atoms with van der Waals surface area (Å²) in [5.41, 5.74) is 3.55. The zero-order valence-corrected chi connectivity index (χ0v) is 13.5. The number of ether oxygens (including phenoxy) is 1. The van der Waals surface area contributed by atoms with Gasteiger partial charge in [-0.25, -0.2) is 0 Å². The standard InChI is InChI=1S/C18H29NO/c1-17(2,3)16-7-5-15(6-8-16)13-19-14-18(9-10-18)11-12-20-4/h5-8,19H,9-14H2,1-4H3. The van der Waals surface area contributed by atoms with Crippen molar-refractivity contribution in [3.05, 3.63) is 35.4 Å². The molecule has 112 valence electrons. The van der Waals surface area contributed by atoms with Crippen LogP contribution in [0, 0.1) is 5.41 Å². The fraction of sp³-hybridized carbons (Fsp3) is 0.667. The van der Waals surface area contributed by atoms with E-state index in [0.717, 1.165) is 19.7 Å². The Morgan fingerprint density at radius 1 is 1.15 bits per heavy atom. The first-order valence-corrected chi connectivity index (χ1v) is 7.74. The highest BCUT2D eigenvalue weighted by Gasteiger charge is 2.41. The highest BCUT2D eigenvalue weighted by molar-refractivity contribution is 5.27. The smallest absolute Gasteiger partial charge is 0.0468 e. The molecule has 1 saturated carbocycles. The lowest BCUT2D eigenvalue weighted by Gasteiger charge is -2.19. The minimum atomic E-state index is 0.240. The van der Waals surface area contributed by atoms with E-state index in [2.05, 4.69) is 50.4 Å². The fourth-order valence-electron chi connectivity index (χ4n) is 2.61. The van der Waals surface area contributed by atoms with Crippen molar-refractivity contribution in [2.75, 3.05) is 20.3 Å². The lowest BCUT2D eigenvalue weighted by Crippen LogP contribution is -2.24. The summed E-state index contributed by atoms with van der Waals surface area (Å²) in [6.07, 6.45) is 3.90. The lowest BCUT2D eigenvalue weighted by atomic mass is 9.87. The second-order valence-electron chi connectivity index (χ2n) is 7.29. The summed E-state index contributed by atoms with van der Waals surface area (Å²) in [7, 11) is 1.79. The third-order valence-electron chi connectivity index (χ3n) is 4.44. The van der Waals surface area contributed by atoms with Gasteiger partial charge in [0.25, 0.3) is 0 Å². The van der Waals surface area contributed by atoms with Crippen LogP contribution < -0.4 is 5.32 Å². The molecule has 1 aliphatic carbocycles. The Kier molecular flexibility index (Phi) is 4.87. The number of nitrogens with one attached hydrogen (secondary N) is 1. The summed E-state index contributed by atoms with van der Waals surface area (Å²) in [4.78, 5) is 0. The van der Waals surface area contributed by atoms with E-state index in [1.165, 1.54) is 30.4 Å². The zero-order chi connectivity index (χ0) is 14.6. The molecule has 2 nitrogen and oxygen atoms in total. The first-order valence-electron chi connectivity index (χ1n) is 7.74. The highest BCUT2D eigenvalue weighted by atomic mass is 16.5. The van der Waals surface area contributed by atoms with Crippen molar-refractivity contribution in [3.63, 3.8) is 0 Å². The third-order valence-corrected chi connectivity index (χ3v) is 4.44. The molecule has 0 atom stereocenters. The first kappa shape index (κ1) is 15.5. The Morgan fingerprint density at radius 3 is 2.30 bits per heavy atom. The Bertz CT molecular complexity index is 412. The van der Waals surface area contributed by atoms with E-state index < -0.39 is 0 Å². The molecule has 20 heavy (non-hydrogen) atoms. The van der Waals surface area contributed by atoms with Crippen molar-refractivity contribution in [2.45, 2.75) is 52.0 Å². The average Bonchev–Trinajstić information content (AvgIpc) is 3.16. The Balaban J connectivity index is 1.77. The van der Waals surface area contributed by atoms with Crippen LogP contribution in [0.15, 0.2) is 24.3 Å². The summed E-state index contributed by atoms with van der Waals surface area (Å²) in [5, 5.41) is 3.62. The summed E-state index contributed by atoms with van der Waals surface area (Å²) >= 11 is 0. The number of benzene rings is 1. The maximum absolute atomic E-state index is 5.20. The molecule has 1 aromatic carbocycles. The Hall–Kier alpha value is -0.860. The van der Waals surface area contributed by atoms with Gasteiger partial charge in [0, 0.05) is 26.8 Å². The summed E-state index contributed by atoms with van der Waals surface area (Å²) < 4.78 is 5.20. The molecule has 0 unspecified atom stereocenters. The zero-order valence-electron chi connectivity index (χ0n) is 13.5. The van der Waals surface area contributed by atoms with E-state index in [9.17, 15) is 0 Å². The molecule has 0 spiro atoms. The van der Waals surface area contributed by atoms with Crippen LogP contribution in [0.25, 0.3) is 0 Å². The molecule has 0 saturated heterocycles. The van der Waals surface area contributed by atoms with Crippen molar-refractivity contribution in [3.8, 4) is 0 Å². The van der Waals surface area contributed by atoms with Gasteiger partial charge < -0.3 is 10.1 Å². The maximum atomic E-state index is 5.20. The Morgan fingerprint density at radius 2 is 1.80 bits per heavy atom. The second-order valence-corrected chi connectivity index (χ2v) is 7.29. The van der Waals surface area contributed by atoms with Crippen LogP contribution in [-0.2, 0) is 16.7 Å². The van der Waals surface area contributed by atoms with Crippen LogP contribution in [-0.4, -0.2) is 20.3 Å². The van der Waals surface area contributed by atoms with E-state index >= 15 is 0 Å². The van der Waals surface area contributed by atoms with Gasteiger partial charge in [-0.05, 0) is 41.2 Å².